The Morgan fingerprint density at radius 3 is 2.50 bits per heavy atom. The molecule has 2 unspecified atom stereocenters. The summed E-state index contributed by atoms with van der Waals surface area (Å²) >= 11 is 0. The third kappa shape index (κ3) is 2.43. The maximum Gasteiger partial charge on any atom is -0.00955 e. The number of fused-ring (bicyclic) bond motifs is 1. The molecular weight excluding hydrogens is 240 g/mol. The number of hydrogen-bond acceptors (Lipinski definition) is 0. The minimum absolute atomic E-state index is 0.537. The predicted molar refractivity (Wildman–Crippen MR) is 86.8 cm³/mol. The normalized spacial score (nSPS) is 20.1. The average Bonchev–Trinajstić information content (AvgIpc) is 2.67. The van der Waals surface area contributed by atoms with Crippen molar-refractivity contribution in [1.29, 1.82) is 0 Å². The SMILES string of the molecule is C=C1c2ccccc2CCCC1C(C)c1ccccc1. The van der Waals surface area contributed by atoms with E-state index in [2.05, 4.69) is 68.1 Å². The van der Waals surface area contributed by atoms with E-state index in [0.29, 0.717) is 11.8 Å². The number of hydrogen-bond donors (Lipinski definition) is 0. The summed E-state index contributed by atoms with van der Waals surface area (Å²) in [7, 11) is 0. The molecule has 0 spiro atoms. The summed E-state index contributed by atoms with van der Waals surface area (Å²) < 4.78 is 0. The Labute approximate surface area is 122 Å². The van der Waals surface area contributed by atoms with Crippen molar-refractivity contribution in [3.8, 4) is 0 Å². The lowest BCUT2D eigenvalue weighted by Gasteiger charge is -2.25. The van der Waals surface area contributed by atoms with E-state index in [1.165, 1.54) is 41.5 Å². The third-order valence-corrected chi connectivity index (χ3v) is 4.70. The first-order valence-electron chi connectivity index (χ1n) is 7.59. The first kappa shape index (κ1) is 13.2. The zero-order valence-electron chi connectivity index (χ0n) is 12.2. The van der Waals surface area contributed by atoms with E-state index < -0.39 is 0 Å². The van der Waals surface area contributed by atoms with Crippen LogP contribution in [0.25, 0.3) is 5.57 Å². The Morgan fingerprint density at radius 2 is 1.70 bits per heavy atom. The van der Waals surface area contributed by atoms with Gasteiger partial charge in [-0.15, -0.1) is 0 Å². The van der Waals surface area contributed by atoms with Crippen LogP contribution in [0.4, 0.5) is 0 Å². The molecule has 0 saturated carbocycles. The second-order valence-electron chi connectivity index (χ2n) is 5.88. The van der Waals surface area contributed by atoms with Crippen LogP contribution in [0.15, 0.2) is 61.2 Å². The molecule has 0 radical (unpaired) electrons. The van der Waals surface area contributed by atoms with Gasteiger partial charge in [0.25, 0.3) is 0 Å². The van der Waals surface area contributed by atoms with Crippen LogP contribution in [0.3, 0.4) is 0 Å². The highest BCUT2D eigenvalue weighted by atomic mass is 14.3. The van der Waals surface area contributed by atoms with E-state index >= 15 is 0 Å². The van der Waals surface area contributed by atoms with Crippen molar-refractivity contribution >= 4 is 5.57 Å². The molecule has 0 aromatic heterocycles. The fourth-order valence-electron chi connectivity index (χ4n) is 3.48. The zero-order chi connectivity index (χ0) is 13.9. The average molecular weight is 262 g/mol. The quantitative estimate of drug-likeness (QED) is 0.631. The fraction of sp³-hybridized carbons (Fsp3) is 0.300. The van der Waals surface area contributed by atoms with Crippen LogP contribution in [0.5, 0.6) is 0 Å². The zero-order valence-corrected chi connectivity index (χ0v) is 12.2. The Hall–Kier alpha value is -1.82. The molecule has 1 aliphatic carbocycles. The fourth-order valence-corrected chi connectivity index (χ4v) is 3.48. The molecule has 20 heavy (non-hydrogen) atoms. The summed E-state index contributed by atoms with van der Waals surface area (Å²) in [4.78, 5) is 0. The van der Waals surface area contributed by atoms with E-state index in [4.69, 9.17) is 0 Å². The topological polar surface area (TPSA) is 0 Å². The van der Waals surface area contributed by atoms with Gasteiger partial charge in [-0.3, -0.25) is 0 Å². The molecule has 2 aromatic rings. The van der Waals surface area contributed by atoms with Gasteiger partial charge in [0.15, 0.2) is 0 Å². The van der Waals surface area contributed by atoms with E-state index in [9.17, 15) is 0 Å². The van der Waals surface area contributed by atoms with Gasteiger partial charge < -0.3 is 0 Å². The highest BCUT2D eigenvalue weighted by Crippen LogP contribution is 2.40. The molecule has 0 nitrogen and oxygen atoms in total. The molecule has 3 rings (SSSR count). The predicted octanol–water partition coefficient (Wildman–Crippen LogP) is 5.46. The molecule has 0 fully saturated rings. The van der Waals surface area contributed by atoms with Crippen LogP contribution in [0, 0.1) is 5.92 Å². The van der Waals surface area contributed by atoms with Gasteiger partial charge >= 0.3 is 0 Å². The molecule has 0 heterocycles. The lowest BCUT2D eigenvalue weighted by atomic mass is 9.79. The maximum atomic E-state index is 4.44. The summed E-state index contributed by atoms with van der Waals surface area (Å²) in [6.07, 6.45) is 3.69. The Kier molecular flexibility index (Phi) is 3.73. The van der Waals surface area contributed by atoms with Gasteiger partial charge in [0.2, 0.25) is 0 Å². The molecular formula is C20H22. The second-order valence-corrected chi connectivity index (χ2v) is 5.88. The molecule has 1 aliphatic rings. The molecule has 0 bridgehead atoms. The van der Waals surface area contributed by atoms with Gasteiger partial charge in [-0.05, 0) is 53.4 Å². The molecule has 0 saturated heterocycles. The smallest absolute Gasteiger partial charge is 0.00955 e. The largest absolute Gasteiger partial charge is 0.0949 e. The Bertz CT molecular complexity index is 594. The van der Waals surface area contributed by atoms with Gasteiger partial charge in [-0.25, -0.2) is 0 Å². The number of rotatable bonds is 2. The summed E-state index contributed by atoms with van der Waals surface area (Å²) in [6, 6.07) is 19.6. The lowest BCUT2D eigenvalue weighted by Crippen LogP contribution is -2.11. The standard InChI is InChI=1S/C20H22/c1-15(17-9-4-3-5-10-17)19-14-8-12-18-11-6-7-13-20(18)16(19)2/h3-7,9-11,13,15,19H,2,8,12,14H2,1H3. The number of aryl methyl sites for hydroxylation is 1. The maximum absolute atomic E-state index is 4.44. The summed E-state index contributed by atoms with van der Waals surface area (Å²) in [6.45, 7) is 6.79. The second kappa shape index (κ2) is 5.66. The van der Waals surface area contributed by atoms with Crippen molar-refractivity contribution in [3.63, 3.8) is 0 Å². The summed E-state index contributed by atoms with van der Waals surface area (Å²) in [5, 5.41) is 0. The number of allylic oxidation sites excluding steroid dienone is 1. The molecule has 0 N–H and O–H groups in total. The molecule has 2 atom stereocenters. The van der Waals surface area contributed by atoms with Crippen molar-refractivity contribution in [2.24, 2.45) is 5.92 Å². The third-order valence-electron chi connectivity index (χ3n) is 4.70. The minimum Gasteiger partial charge on any atom is -0.0949 e. The first-order chi connectivity index (χ1) is 9.77. The van der Waals surface area contributed by atoms with Crippen LogP contribution >= 0.6 is 0 Å². The molecule has 102 valence electrons. The van der Waals surface area contributed by atoms with E-state index in [-0.39, 0.29) is 0 Å². The van der Waals surface area contributed by atoms with Crippen LogP contribution in [-0.2, 0) is 6.42 Å². The highest BCUT2D eigenvalue weighted by molar-refractivity contribution is 5.69. The van der Waals surface area contributed by atoms with E-state index in [0.717, 1.165) is 0 Å². The lowest BCUT2D eigenvalue weighted by molar-refractivity contribution is 0.507. The van der Waals surface area contributed by atoms with Gasteiger partial charge in [-0.2, -0.15) is 0 Å². The van der Waals surface area contributed by atoms with Crippen molar-refractivity contribution in [3.05, 3.63) is 77.9 Å². The van der Waals surface area contributed by atoms with Crippen molar-refractivity contribution < 1.29 is 0 Å². The van der Waals surface area contributed by atoms with Gasteiger partial charge in [0.1, 0.15) is 0 Å². The van der Waals surface area contributed by atoms with Crippen molar-refractivity contribution in [2.45, 2.75) is 32.1 Å². The number of benzene rings is 2. The van der Waals surface area contributed by atoms with Gasteiger partial charge in [0, 0.05) is 0 Å². The minimum atomic E-state index is 0.537. The monoisotopic (exact) mass is 262 g/mol. The van der Waals surface area contributed by atoms with Crippen LogP contribution in [-0.4, -0.2) is 0 Å². The molecule has 0 amide bonds. The van der Waals surface area contributed by atoms with Crippen molar-refractivity contribution in [1.82, 2.24) is 0 Å². The summed E-state index contributed by atoms with van der Waals surface area (Å²) in [5.41, 5.74) is 5.62. The molecule has 0 heteroatoms. The molecule has 2 aromatic carbocycles. The Morgan fingerprint density at radius 1 is 1.00 bits per heavy atom. The van der Waals surface area contributed by atoms with Crippen LogP contribution < -0.4 is 0 Å². The van der Waals surface area contributed by atoms with Crippen LogP contribution in [0.1, 0.15) is 42.4 Å². The van der Waals surface area contributed by atoms with Gasteiger partial charge in [-0.1, -0.05) is 68.1 Å². The highest BCUT2D eigenvalue weighted by Gasteiger charge is 2.25. The Balaban J connectivity index is 1.93. The summed E-state index contributed by atoms with van der Waals surface area (Å²) in [5.74, 6) is 1.09. The van der Waals surface area contributed by atoms with E-state index in [1.54, 1.807) is 0 Å². The van der Waals surface area contributed by atoms with Gasteiger partial charge in [0.05, 0.1) is 0 Å². The van der Waals surface area contributed by atoms with E-state index in [1.807, 2.05) is 0 Å². The first-order valence-corrected chi connectivity index (χ1v) is 7.59. The van der Waals surface area contributed by atoms with Crippen LogP contribution in [0.2, 0.25) is 0 Å². The van der Waals surface area contributed by atoms with Crippen molar-refractivity contribution in [2.75, 3.05) is 0 Å². The molecule has 0 aliphatic heterocycles.